The molecule has 1 aromatic rings. The van der Waals surface area contributed by atoms with Gasteiger partial charge in [0, 0.05) is 19.8 Å². The second-order valence-corrected chi connectivity index (χ2v) is 4.10. The minimum Gasteiger partial charge on any atom is -0.508 e. The average molecular weight is 253 g/mol. The number of hydrogen-bond donors (Lipinski definition) is 2. The summed E-state index contributed by atoms with van der Waals surface area (Å²) in [6.07, 6.45) is -0.493. The molecule has 1 amide bonds. The van der Waals surface area contributed by atoms with Crippen LogP contribution in [0.1, 0.15) is 22.8 Å². The van der Waals surface area contributed by atoms with Crippen molar-refractivity contribution in [2.75, 3.05) is 14.2 Å². The van der Waals surface area contributed by atoms with Gasteiger partial charge in [-0.3, -0.25) is 4.79 Å². The molecule has 0 aliphatic rings. The van der Waals surface area contributed by atoms with Gasteiger partial charge in [-0.15, -0.1) is 0 Å². The molecule has 1 atom stereocenters. The number of aryl methyl sites for hydroxylation is 1. The molecule has 0 aliphatic heterocycles. The summed E-state index contributed by atoms with van der Waals surface area (Å²) < 4.78 is 10.1. The molecular formula is C13H19NO4. The highest BCUT2D eigenvalue weighted by Gasteiger charge is 2.18. The molecule has 100 valence electrons. The van der Waals surface area contributed by atoms with Crippen LogP contribution in [-0.2, 0) is 9.47 Å². The van der Waals surface area contributed by atoms with Gasteiger partial charge in [0.05, 0.1) is 6.04 Å². The van der Waals surface area contributed by atoms with Gasteiger partial charge in [0.25, 0.3) is 5.91 Å². The van der Waals surface area contributed by atoms with Crippen molar-refractivity contribution in [2.45, 2.75) is 26.2 Å². The van der Waals surface area contributed by atoms with Crippen LogP contribution in [-0.4, -0.2) is 37.6 Å². The number of aromatic hydroxyl groups is 1. The van der Waals surface area contributed by atoms with E-state index < -0.39 is 6.29 Å². The Labute approximate surface area is 107 Å². The van der Waals surface area contributed by atoms with Crippen molar-refractivity contribution < 1.29 is 19.4 Å². The lowest BCUT2D eigenvalue weighted by atomic mass is 10.1. The first-order valence-corrected chi connectivity index (χ1v) is 5.65. The van der Waals surface area contributed by atoms with E-state index in [9.17, 15) is 9.90 Å². The van der Waals surface area contributed by atoms with Crippen molar-refractivity contribution in [1.29, 1.82) is 0 Å². The van der Waals surface area contributed by atoms with Crippen LogP contribution in [0.3, 0.4) is 0 Å². The zero-order valence-corrected chi connectivity index (χ0v) is 11.1. The maximum absolute atomic E-state index is 12.0. The molecule has 0 saturated carbocycles. The van der Waals surface area contributed by atoms with Gasteiger partial charge < -0.3 is 19.9 Å². The van der Waals surface area contributed by atoms with Gasteiger partial charge in [-0.25, -0.2) is 0 Å². The number of carbonyl (C=O) groups excluding carboxylic acids is 1. The lowest BCUT2D eigenvalue weighted by Crippen LogP contribution is -2.42. The third-order valence-corrected chi connectivity index (χ3v) is 2.69. The molecule has 18 heavy (non-hydrogen) atoms. The van der Waals surface area contributed by atoms with Gasteiger partial charge in [-0.05, 0) is 37.6 Å². The van der Waals surface area contributed by atoms with Crippen LogP contribution in [0.4, 0.5) is 0 Å². The Hall–Kier alpha value is -1.59. The molecule has 0 radical (unpaired) electrons. The normalized spacial score (nSPS) is 12.5. The Morgan fingerprint density at radius 2 is 1.94 bits per heavy atom. The Bertz CT molecular complexity index is 415. The van der Waals surface area contributed by atoms with E-state index in [0.717, 1.165) is 0 Å². The highest BCUT2D eigenvalue weighted by Crippen LogP contribution is 2.17. The SMILES string of the molecule is COC(OC)C(C)NC(=O)c1ccc(O)c(C)c1. The highest BCUT2D eigenvalue weighted by molar-refractivity contribution is 5.94. The molecule has 0 saturated heterocycles. The number of phenols is 1. The third kappa shape index (κ3) is 3.45. The van der Waals surface area contributed by atoms with Crippen molar-refractivity contribution in [3.8, 4) is 5.75 Å². The Morgan fingerprint density at radius 3 is 2.44 bits per heavy atom. The first kappa shape index (κ1) is 14.5. The zero-order valence-electron chi connectivity index (χ0n) is 11.1. The lowest BCUT2D eigenvalue weighted by Gasteiger charge is -2.22. The fourth-order valence-corrected chi connectivity index (χ4v) is 1.66. The number of hydrogen-bond acceptors (Lipinski definition) is 4. The summed E-state index contributed by atoms with van der Waals surface area (Å²) in [5, 5.41) is 12.2. The van der Waals surface area contributed by atoms with Crippen molar-refractivity contribution >= 4 is 5.91 Å². The molecule has 0 aliphatic carbocycles. The van der Waals surface area contributed by atoms with E-state index >= 15 is 0 Å². The molecular weight excluding hydrogens is 234 g/mol. The molecule has 0 bridgehead atoms. The average Bonchev–Trinajstić information content (AvgIpc) is 2.34. The summed E-state index contributed by atoms with van der Waals surface area (Å²) >= 11 is 0. The predicted octanol–water partition coefficient (Wildman–Crippen LogP) is 1.44. The number of ether oxygens (including phenoxy) is 2. The van der Waals surface area contributed by atoms with Crippen LogP contribution in [0.25, 0.3) is 0 Å². The van der Waals surface area contributed by atoms with Crippen LogP contribution in [0, 0.1) is 6.92 Å². The summed E-state index contributed by atoms with van der Waals surface area (Å²) in [6, 6.07) is 4.42. The Kier molecular flexibility index (Phi) is 5.12. The van der Waals surface area contributed by atoms with Crippen molar-refractivity contribution in [3.05, 3.63) is 29.3 Å². The lowest BCUT2D eigenvalue weighted by molar-refractivity contribution is -0.117. The van der Waals surface area contributed by atoms with Crippen molar-refractivity contribution in [3.63, 3.8) is 0 Å². The van der Waals surface area contributed by atoms with E-state index in [1.54, 1.807) is 26.0 Å². The van der Waals surface area contributed by atoms with E-state index in [-0.39, 0.29) is 17.7 Å². The summed E-state index contributed by atoms with van der Waals surface area (Å²) in [5.74, 6) is -0.0593. The fourth-order valence-electron chi connectivity index (χ4n) is 1.66. The topological polar surface area (TPSA) is 67.8 Å². The third-order valence-electron chi connectivity index (χ3n) is 2.69. The minimum absolute atomic E-state index is 0.172. The van der Waals surface area contributed by atoms with E-state index in [0.29, 0.717) is 11.1 Å². The van der Waals surface area contributed by atoms with Crippen molar-refractivity contribution in [1.82, 2.24) is 5.32 Å². The predicted molar refractivity (Wildman–Crippen MR) is 67.6 cm³/mol. The number of rotatable bonds is 5. The molecule has 1 rings (SSSR count). The van der Waals surface area contributed by atoms with E-state index in [2.05, 4.69) is 5.32 Å². The molecule has 1 unspecified atom stereocenters. The maximum atomic E-state index is 12.0. The van der Waals surface area contributed by atoms with Crippen LogP contribution >= 0.6 is 0 Å². The van der Waals surface area contributed by atoms with Crippen molar-refractivity contribution in [2.24, 2.45) is 0 Å². The number of methoxy groups -OCH3 is 2. The Morgan fingerprint density at radius 1 is 1.33 bits per heavy atom. The van der Waals surface area contributed by atoms with Crippen LogP contribution in [0.2, 0.25) is 0 Å². The molecule has 1 aromatic carbocycles. The summed E-state index contributed by atoms with van der Waals surface area (Å²) in [4.78, 5) is 12.0. The summed E-state index contributed by atoms with van der Waals surface area (Å²) in [5.41, 5.74) is 1.15. The van der Waals surface area contributed by atoms with Crippen LogP contribution in [0.15, 0.2) is 18.2 Å². The zero-order chi connectivity index (χ0) is 13.7. The molecule has 0 fully saturated rings. The molecule has 2 N–H and O–H groups in total. The molecule has 5 nitrogen and oxygen atoms in total. The minimum atomic E-state index is -0.493. The summed E-state index contributed by atoms with van der Waals surface area (Å²) in [7, 11) is 3.03. The van der Waals surface area contributed by atoms with E-state index in [4.69, 9.17) is 9.47 Å². The van der Waals surface area contributed by atoms with Gasteiger partial charge in [0.2, 0.25) is 0 Å². The second kappa shape index (κ2) is 6.37. The number of amides is 1. The molecule has 0 spiro atoms. The number of phenolic OH excluding ortho intramolecular Hbond substituents is 1. The first-order valence-electron chi connectivity index (χ1n) is 5.65. The first-order chi connectivity index (χ1) is 8.49. The monoisotopic (exact) mass is 253 g/mol. The van der Waals surface area contributed by atoms with Gasteiger partial charge in [-0.2, -0.15) is 0 Å². The standard InChI is InChI=1S/C13H19NO4/c1-8-7-10(5-6-11(8)15)12(16)14-9(2)13(17-3)18-4/h5-7,9,13,15H,1-4H3,(H,14,16). The number of carbonyl (C=O) groups is 1. The number of nitrogens with one attached hydrogen (secondary N) is 1. The quantitative estimate of drug-likeness (QED) is 0.779. The summed E-state index contributed by atoms with van der Waals surface area (Å²) in [6.45, 7) is 3.53. The van der Waals surface area contributed by atoms with Crippen LogP contribution < -0.4 is 5.32 Å². The van der Waals surface area contributed by atoms with E-state index in [1.165, 1.54) is 20.3 Å². The number of benzene rings is 1. The van der Waals surface area contributed by atoms with Gasteiger partial charge in [-0.1, -0.05) is 0 Å². The maximum Gasteiger partial charge on any atom is 0.251 e. The highest BCUT2D eigenvalue weighted by atomic mass is 16.7. The molecule has 5 heteroatoms. The fraction of sp³-hybridized carbons (Fsp3) is 0.462. The van der Waals surface area contributed by atoms with Gasteiger partial charge >= 0.3 is 0 Å². The largest absolute Gasteiger partial charge is 0.508 e. The van der Waals surface area contributed by atoms with Crippen LogP contribution in [0.5, 0.6) is 5.75 Å². The Balaban J connectivity index is 2.73. The molecule has 0 heterocycles. The second-order valence-electron chi connectivity index (χ2n) is 4.10. The van der Waals surface area contributed by atoms with E-state index in [1.807, 2.05) is 0 Å². The van der Waals surface area contributed by atoms with Gasteiger partial charge in [0.15, 0.2) is 6.29 Å². The smallest absolute Gasteiger partial charge is 0.251 e. The van der Waals surface area contributed by atoms with Gasteiger partial charge in [0.1, 0.15) is 5.75 Å². The molecule has 0 aromatic heterocycles.